The highest BCUT2D eigenvalue weighted by atomic mass is 19.4. The molecule has 1 saturated heterocycles. The zero-order valence-electron chi connectivity index (χ0n) is 17.8. The molecule has 32 heavy (non-hydrogen) atoms. The maximum Gasteiger partial charge on any atom is 0.416 e. The number of carbonyl (C=O) groups is 1. The van der Waals surface area contributed by atoms with Crippen LogP contribution < -0.4 is 9.64 Å². The van der Waals surface area contributed by atoms with Crippen molar-refractivity contribution in [3.8, 4) is 11.4 Å². The number of rotatable bonds is 4. The number of hydrogen-bond donors (Lipinski definition) is 0. The van der Waals surface area contributed by atoms with Crippen molar-refractivity contribution in [3.63, 3.8) is 0 Å². The minimum Gasteiger partial charge on any atom is -0.497 e. The molecule has 1 amide bonds. The van der Waals surface area contributed by atoms with Crippen LogP contribution in [0, 0.1) is 6.92 Å². The SMILES string of the molecule is COc1cccc(N2CCN(C(=O)c3cnn(-c4cccc(C(F)(F)F)c4)c3C)CC2)c1. The highest BCUT2D eigenvalue weighted by Gasteiger charge is 2.31. The lowest BCUT2D eigenvalue weighted by Gasteiger charge is -2.36. The van der Waals surface area contributed by atoms with Crippen molar-refractivity contribution in [2.45, 2.75) is 13.1 Å². The van der Waals surface area contributed by atoms with Crippen LogP contribution in [0.5, 0.6) is 5.75 Å². The molecule has 0 aliphatic carbocycles. The van der Waals surface area contributed by atoms with E-state index < -0.39 is 11.7 Å². The summed E-state index contributed by atoms with van der Waals surface area (Å²) in [6, 6.07) is 12.7. The molecule has 1 aromatic heterocycles. The molecule has 4 rings (SSSR count). The summed E-state index contributed by atoms with van der Waals surface area (Å²) in [6.45, 7) is 4.08. The van der Waals surface area contributed by atoms with E-state index in [9.17, 15) is 18.0 Å². The van der Waals surface area contributed by atoms with Crippen molar-refractivity contribution in [1.82, 2.24) is 14.7 Å². The average Bonchev–Trinajstić information content (AvgIpc) is 3.19. The van der Waals surface area contributed by atoms with Crippen LogP contribution in [0.3, 0.4) is 0 Å². The van der Waals surface area contributed by atoms with Gasteiger partial charge in [-0.1, -0.05) is 12.1 Å². The molecule has 0 radical (unpaired) electrons. The zero-order chi connectivity index (χ0) is 22.9. The van der Waals surface area contributed by atoms with Crippen molar-refractivity contribution < 1.29 is 22.7 Å². The predicted octanol–water partition coefficient (Wildman–Crippen LogP) is 4.17. The number of methoxy groups -OCH3 is 1. The summed E-state index contributed by atoms with van der Waals surface area (Å²) in [5.41, 5.74) is 1.43. The van der Waals surface area contributed by atoms with Crippen LogP contribution in [0.25, 0.3) is 5.69 Å². The van der Waals surface area contributed by atoms with Crippen LogP contribution in [-0.2, 0) is 6.18 Å². The topological polar surface area (TPSA) is 50.6 Å². The molecule has 0 N–H and O–H groups in total. The van der Waals surface area contributed by atoms with Crippen molar-refractivity contribution >= 4 is 11.6 Å². The Morgan fingerprint density at radius 2 is 1.69 bits per heavy atom. The largest absolute Gasteiger partial charge is 0.497 e. The van der Waals surface area contributed by atoms with Crippen molar-refractivity contribution in [2.24, 2.45) is 0 Å². The van der Waals surface area contributed by atoms with Gasteiger partial charge in [0, 0.05) is 37.9 Å². The highest BCUT2D eigenvalue weighted by molar-refractivity contribution is 5.95. The molecule has 168 valence electrons. The fraction of sp³-hybridized carbons (Fsp3) is 0.304. The zero-order valence-corrected chi connectivity index (χ0v) is 17.8. The van der Waals surface area contributed by atoms with Crippen LogP contribution in [0.15, 0.2) is 54.7 Å². The Morgan fingerprint density at radius 1 is 1.00 bits per heavy atom. The molecule has 1 aliphatic rings. The number of aromatic nitrogens is 2. The Hall–Kier alpha value is -3.49. The van der Waals surface area contributed by atoms with E-state index in [-0.39, 0.29) is 11.6 Å². The lowest BCUT2D eigenvalue weighted by Crippen LogP contribution is -2.48. The fourth-order valence-corrected chi connectivity index (χ4v) is 3.84. The van der Waals surface area contributed by atoms with Gasteiger partial charge in [-0.05, 0) is 37.3 Å². The van der Waals surface area contributed by atoms with Crippen LogP contribution in [-0.4, -0.2) is 53.9 Å². The Morgan fingerprint density at radius 3 is 2.38 bits per heavy atom. The standard InChI is InChI=1S/C23H23F3N4O2/c1-16-21(15-27-30(16)19-7-3-5-17(13-19)23(24,25)26)22(31)29-11-9-28(10-12-29)18-6-4-8-20(14-18)32-2/h3-8,13-15H,9-12H2,1-2H3. The lowest BCUT2D eigenvalue weighted by molar-refractivity contribution is -0.137. The van der Waals surface area contributed by atoms with E-state index in [1.165, 1.54) is 23.0 Å². The Bertz CT molecular complexity index is 1120. The summed E-state index contributed by atoms with van der Waals surface area (Å²) in [5.74, 6) is 0.602. The van der Waals surface area contributed by atoms with E-state index in [2.05, 4.69) is 10.00 Å². The average molecular weight is 444 g/mol. The number of alkyl halides is 3. The van der Waals surface area contributed by atoms with Crippen molar-refractivity contribution in [2.75, 3.05) is 38.2 Å². The van der Waals surface area contributed by atoms with Gasteiger partial charge in [-0.25, -0.2) is 4.68 Å². The van der Waals surface area contributed by atoms with Gasteiger partial charge < -0.3 is 14.5 Å². The number of hydrogen-bond acceptors (Lipinski definition) is 4. The number of piperazine rings is 1. The Balaban J connectivity index is 1.48. The summed E-state index contributed by atoms with van der Waals surface area (Å²) in [7, 11) is 1.62. The molecule has 0 atom stereocenters. The van der Waals surface area contributed by atoms with E-state index in [1.807, 2.05) is 24.3 Å². The Kier molecular flexibility index (Phi) is 5.82. The molecule has 9 heteroatoms. The van der Waals surface area contributed by atoms with Gasteiger partial charge in [0.25, 0.3) is 5.91 Å². The molecule has 0 spiro atoms. The number of carbonyl (C=O) groups excluding carboxylic acids is 1. The molecule has 1 aliphatic heterocycles. The van der Waals surface area contributed by atoms with Gasteiger partial charge in [0.2, 0.25) is 0 Å². The first-order valence-corrected chi connectivity index (χ1v) is 10.2. The molecule has 0 bridgehead atoms. The summed E-state index contributed by atoms with van der Waals surface area (Å²) in [4.78, 5) is 17.0. The number of amides is 1. The van der Waals surface area contributed by atoms with Crippen LogP contribution >= 0.6 is 0 Å². The highest BCUT2D eigenvalue weighted by Crippen LogP contribution is 2.30. The molecule has 1 fully saturated rings. The molecule has 3 aromatic rings. The van der Waals surface area contributed by atoms with Gasteiger partial charge in [-0.2, -0.15) is 18.3 Å². The first-order valence-electron chi connectivity index (χ1n) is 10.2. The number of halogens is 3. The molecule has 2 heterocycles. The van der Waals surface area contributed by atoms with E-state index in [1.54, 1.807) is 18.9 Å². The smallest absolute Gasteiger partial charge is 0.416 e. The Labute approximate surface area is 183 Å². The van der Waals surface area contributed by atoms with E-state index in [0.29, 0.717) is 37.4 Å². The van der Waals surface area contributed by atoms with Gasteiger partial charge in [0.1, 0.15) is 5.75 Å². The van der Waals surface area contributed by atoms with Gasteiger partial charge in [0.05, 0.1) is 35.8 Å². The maximum atomic E-state index is 13.1. The molecule has 0 unspecified atom stereocenters. The molecular weight excluding hydrogens is 421 g/mol. The number of anilines is 1. The summed E-state index contributed by atoms with van der Waals surface area (Å²) >= 11 is 0. The second-order valence-corrected chi connectivity index (χ2v) is 7.58. The van der Waals surface area contributed by atoms with Crippen LogP contribution in [0.2, 0.25) is 0 Å². The molecular formula is C23H23F3N4O2. The fourth-order valence-electron chi connectivity index (χ4n) is 3.84. The predicted molar refractivity (Wildman–Crippen MR) is 114 cm³/mol. The van der Waals surface area contributed by atoms with Gasteiger partial charge in [-0.15, -0.1) is 0 Å². The lowest BCUT2D eigenvalue weighted by atomic mass is 10.1. The molecule has 6 nitrogen and oxygen atoms in total. The third-order valence-electron chi connectivity index (χ3n) is 5.64. The second-order valence-electron chi connectivity index (χ2n) is 7.58. The second kappa shape index (κ2) is 8.57. The van der Waals surface area contributed by atoms with Gasteiger partial charge >= 0.3 is 6.18 Å². The van der Waals surface area contributed by atoms with Gasteiger partial charge in [0.15, 0.2) is 0 Å². The minimum absolute atomic E-state index is 0.175. The number of benzene rings is 2. The van der Waals surface area contributed by atoms with Crippen LogP contribution in [0.4, 0.5) is 18.9 Å². The van der Waals surface area contributed by atoms with E-state index in [0.717, 1.165) is 23.6 Å². The van der Waals surface area contributed by atoms with Gasteiger partial charge in [-0.3, -0.25) is 4.79 Å². The van der Waals surface area contributed by atoms with E-state index >= 15 is 0 Å². The van der Waals surface area contributed by atoms with Crippen LogP contribution in [0.1, 0.15) is 21.6 Å². The van der Waals surface area contributed by atoms with Crippen molar-refractivity contribution in [3.05, 3.63) is 71.5 Å². The third-order valence-corrected chi connectivity index (χ3v) is 5.64. The summed E-state index contributed by atoms with van der Waals surface area (Å²) in [6.07, 6.45) is -3.02. The summed E-state index contributed by atoms with van der Waals surface area (Å²) in [5, 5.41) is 4.18. The third kappa shape index (κ3) is 4.28. The maximum absolute atomic E-state index is 13.1. The quantitative estimate of drug-likeness (QED) is 0.606. The molecule has 2 aromatic carbocycles. The minimum atomic E-state index is -4.45. The number of ether oxygens (including phenoxy) is 1. The van der Waals surface area contributed by atoms with E-state index in [4.69, 9.17) is 4.74 Å². The molecule has 0 saturated carbocycles. The summed E-state index contributed by atoms with van der Waals surface area (Å²) < 4.78 is 45.8. The van der Waals surface area contributed by atoms with Crippen molar-refractivity contribution in [1.29, 1.82) is 0 Å². The monoisotopic (exact) mass is 444 g/mol. The first kappa shape index (κ1) is 21.7. The number of nitrogens with zero attached hydrogens (tertiary/aromatic N) is 4. The first-order chi connectivity index (χ1) is 15.3. The normalized spacial score (nSPS) is 14.5.